The molecule has 5 heteroatoms. The van der Waals surface area contributed by atoms with Crippen molar-refractivity contribution in [2.75, 3.05) is 0 Å². The quantitative estimate of drug-likeness (QED) is 0.348. The molecule has 2 atom stereocenters. The standard InChI is InChI=1S/C25H26N3PS/c1-20(2)29(30,24-16-10-5-11-17-24)25(21-12-6-3-7-13-21)18-22-19-28(27-26-22)23-14-8-4-9-15-23/h3-17,19-20,25H,18H2,1-2H3/t25-,29+/m1/s1. The van der Waals surface area contributed by atoms with Gasteiger partial charge in [-0.3, -0.25) is 0 Å². The van der Waals surface area contributed by atoms with Gasteiger partial charge in [-0.25, -0.2) is 4.68 Å². The molecule has 0 amide bonds. The lowest BCUT2D eigenvalue weighted by Gasteiger charge is -2.35. The molecule has 0 aliphatic carbocycles. The molecule has 4 rings (SSSR count). The normalized spacial score (nSPS) is 14.4. The Bertz CT molecular complexity index is 1120. The van der Waals surface area contributed by atoms with E-state index in [-0.39, 0.29) is 5.66 Å². The van der Waals surface area contributed by atoms with Gasteiger partial charge in [0.05, 0.1) is 17.6 Å². The monoisotopic (exact) mass is 431 g/mol. The van der Waals surface area contributed by atoms with Gasteiger partial charge in [0.25, 0.3) is 0 Å². The van der Waals surface area contributed by atoms with Crippen molar-refractivity contribution in [2.45, 2.75) is 31.6 Å². The Kier molecular flexibility index (Phi) is 6.26. The molecule has 30 heavy (non-hydrogen) atoms. The van der Waals surface area contributed by atoms with Crippen LogP contribution in [0, 0.1) is 0 Å². The molecule has 3 aromatic carbocycles. The van der Waals surface area contributed by atoms with Crippen molar-refractivity contribution >= 4 is 23.1 Å². The smallest absolute Gasteiger partial charge is 0.0841 e. The largest absolute Gasteiger partial charge is 0.220 e. The van der Waals surface area contributed by atoms with Gasteiger partial charge in [0.15, 0.2) is 0 Å². The van der Waals surface area contributed by atoms with Crippen LogP contribution in [-0.4, -0.2) is 20.7 Å². The first-order valence-electron chi connectivity index (χ1n) is 10.3. The van der Waals surface area contributed by atoms with Crippen LogP contribution < -0.4 is 5.30 Å². The minimum atomic E-state index is -1.95. The van der Waals surface area contributed by atoms with E-state index in [0.717, 1.165) is 17.8 Å². The van der Waals surface area contributed by atoms with E-state index in [1.54, 1.807) is 0 Å². The van der Waals surface area contributed by atoms with E-state index in [1.807, 2.05) is 41.2 Å². The van der Waals surface area contributed by atoms with Gasteiger partial charge in [-0.05, 0) is 34.7 Å². The molecular formula is C25H26N3PS. The highest BCUT2D eigenvalue weighted by Gasteiger charge is 2.35. The number of hydrogen-bond acceptors (Lipinski definition) is 3. The first-order valence-corrected chi connectivity index (χ1v) is 13.2. The SMILES string of the molecule is CC(C)[P@](=S)(c1ccccc1)[C@H](Cc1cn(-c2ccccc2)nn1)c1ccccc1. The van der Waals surface area contributed by atoms with Crippen molar-refractivity contribution < 1.29 is 0 Å². The van der Waals surface area contributed by atoms with E-state index in [1.165, 1.54) is 10.9 Å². The van der Waals surface area contributed by atoms with E-state index >= 15 is 0 Å². The number of hydrogen-bond donors (Lipinski definition) is 0. The van der Waals surface area contributed by atoms with E-state index < -0.39 is 6.04 Å². The van der Waals surface area contributed by atoms with Gasteiger partial charge in [-0.1, -0.05) is 110 Å². The van der Waals surface area contributed by atoms with Gasteiger partial charge < -0.3 is 0 Å². The fraction of sp³-hybridized carbons (Fsp3) is 0.200. The zero-order valence-electron chi connectivity index (χ0n) is 17.3. The van der Waals surface area contributed by atoms with Crippen molar-refractivity contribution in [3.8, 4) is 5.69 Å². The van der Waals surface area contributed by atoms with Gasteiger partial charge in [0, 0.05) is 12.1 Å². The molecule has 0 aliphatic rings. The average Bonchev–Trinajstić information content (AvgIpc) is 3.27. The Morgan fingerprint density at radius 3 is 2.00 bits per heavy atom. The van der Waals surface area contributed by atoms with Crippen LogP contribution in [0.3, 0.4) is 0 Å². The zero-order chi connectivity index (χ0) is 21.0. The minimum Gasteiger partial charge on any atom is -0.220 e. The van der Waals surface area contributed by atoms with Crippen LogP contribution in [0.25, 0.3) is 5.69 Å². The molecule has 4 aromatic rings. The minimum absolute atomic E-state index is 0.206. The summed E-state index contributed by atoms with van der Waals surface area (Å²) in [6.45, 7) is 4.54. The Hall–Kier alpha value is -2.55. The van der Waals surface area contributed by atoms with Crippen LogP contribution >= 0.6 is 6.04 Å². The third-order valence-corrected chi connectivity index (χ3v) is 12.2. The maximum atomic E-state index is 6.55. The molecule has 1 aromatic heterocycles. The molecular weight excluding hydrogens is 405 g/mol. The third kappa shape index (κ3) is 4.16. The van der Waals surface area contributed by atoms with Crippen LogP contribution in [0.2, 0.25) is 0 Å². The first-order chi connectivity index (χ1) is 14.6. The summed E-state index contributed by atoms with van der Waals surface area (Å²) >= 11 is 6.55. The number of nitrogens with zero attached hydrogens (tertiary/aromatic N) is 3. The summed E-state index contributed by atoms with van der Waals surface area (Å²) in [4.78, 5) is 0. The molecule has 1 heterocycles. The third-order valence-electron chi connectivity index (χ3n) is 5.54. The summed E-state index contributed by atoms with van der Waals surface area (Å²) in [5, 5.41) is 10.2. The fourth-order valence-electron chi connectivity index (χ4n) is 3.95. The lowest BCUT2D eigenvalue weighted by Crippen LogP contribution is -2.20. The second-order valence-electron chi connectivity index (χ2n) is 7.76. The molecule has 0 N–H and O–H groups in total. The second-order valence-corrected chi connectivity index (χ2v) is 13.2. The predicted molar refractivity (Wildman–Crippen MR) is 130 cm³/mol. The van der Waals surface area contributed by atoms with Crippen molar-refractivity contribution in [2.24, 2.45) is 0 Å². The fourth-order valence-corrected chi connectivity index (χ4v) is 8.29. The highest BCUT2D eigenvalue weighted by atomic mass is 32.4. The maximum absolute atomic E-state index is 6.55. The zero-order valence-corrected chi connectivity index (χ0v) is 19.0. The van der Waals surface area contributed by atoms with Crippen molar-refractivity contribution in [1.82, 2.24) is 15.0 Å². The van der Waals surface area contributed by atoms with Crippen LogP contribution in [0.15, 0.2) is 97.2 Å². The van der Waals surface area contributed by atoms with Crippen molar-refractivity contribution in [3.63, 3.8) is 0 Å². The molecule has 0 radical (unpaired) electrons. The van der Waals surface area contributed by atoms with Crippen LogP contribution in [0.4, 0.5) is 0 Å². The average molecular weight is 432 g/mol. The second kappa shape index (κ2) is 9.07. The number of para-hydroxylation sites is 1. The van der Waals surface area contributed by atoms with E-state index in [4.69, 9.17) is 11.8 Å². The summed E-state index contributed by atoms with van der Waals surface area (Å²) in [5.74, 6) is 0. The number of benzene rings is 3. The van der Waals surface area contributed by atoms with Gasteiger partial charge in [0.1, 0.15) is 0 Å². The highest BCUT2D eigenvalue weighted by Crippen LogP contribution is 2.62. The Labute approximate surface area is 183 Å². The molecule has 0 unspecified atom stereocenters. The summed E-state index contributed by atoms with van der Waals surface area (Å²) in [6, 6.07) is 29.5. The van der Waals surface area contributed by atoms with Crippen LogP contribution in [0.5, 0.6) is 0 Å². The van der Waals surface area contributed by atoms with Crippen LogP contribution in [-0.2, 0) is 18.2 Å². The summed E-state index contributed by atoms with van der Waals surface area (Å²) in [7, 11) is 0. The molecule has 0 fully saturated rings. The van der Waals surface area contributed by atoms with Crippen molar-refractivity contribution in [1.29, 1.82) is 0 Å². The number of aromatic nitrogens is 3. The predicted octanol–water partition coefficient (Wildman–Crippen LogP) is 5.76. The van der Waals surface area contributed by atoms with Gasteiger partial charge in [0.2, 0.25) is 0 Å². The van der Waals surface area contributed by atoms with Crippen LogP contribution in [0.1, 0.15) is 30.8 Å². The topological polar surface area (TPSA) is 30.7 Å². The van der Waals surface area contributed by atoms with Gasteiger partial charge >= 0.3 is 0 Å². The lowest BCUT2D eigenvalue weighted by molar-refractivity contribution is 0.790. The molecule has 152 valence electrons. The molecule has 0 spiro atoms. The Morgan fingerprint density at radius 1 is 0.833 bits per heavy atom. The summed E-state index contributed by atoms with van der Waals surface area (Å²) < 4.78 is 1.85. The Morgan fingerprint density at radius 2 is 1.40 bits per heavy atom. The van der Waals surface area contributed by atoms with Gasteiger partial charge in [-0.15, -0.1) is 5.10 Å². The molecule has 0 saturated carbocycles. The Balaban J connectivity index is 1.76. The van der Waals surface area contributed by atoms with E-state index in [2.05, 4.69) is 84.8 Å². The maximum Gasteiger partial charge on any atom is 0.0841 e. The van der Waals surface area contributed by atoms with E-state index in [0.29, 0.717) is 5.66 Å². The van der Waals surface area contributed by atoms with Gasteiger partial charge in [-0.2, -0.15) is 0 Å². The first kappa shape index (κ1) is 20.7. The number of rotatable bonds is 7. The molecule has 3 nitrogen and oxygen atoms in total. The molecule has 0 saturated heterocycles. The summed E-state index contributed by atoms with van der Waals surface area (Å²) in [6.07, 6.45) is 2.82. The van der Waals surface area contributed by atoms with Crippen molar-refractivity contribution in [3.05, 3.63) is 108 Å². The lowest BCUT2D eigenvalue weighted by atomic mass is 10.1. The summed E-state index contributed by atoms with van der Waals surface area (Å²) in [5.41, 5.74) is 3.85. The molecule has 0 bridgehead atoms. The molecule has 0 aliphatic heterocycles. The van der Waals surface area contributed by atoms with E-state index in [9.17, 15) is 0 Å². The highest BCUT2D eigenvalue weighted by molar-refractivity contribution is 8.18.